The van der Waals surface area contributed by atoms with Gasteiger partial charge in [-0.2, -0.15) is 4.99 Å². The monoisotopic (exact) mass is 547 g/mol. The first-order chi connectivity index (χ1) is 17.8. The Labute approximate surface area is 223 Å². The van der Waals surface area contributed by atoms with E-state index in [2.05, 4.69) is 63.2 Å². The van der Waals surface area contributed by atoms with Gasteiger partial charge in [0.15, 0.2) is 5.82 Å². The van der Waals surface area contributed by atoms with Crippen molar-refractivity contribution < 1.29 is 0 Å². The maximum absolute atomic E-state index is 4.87. The molecule has 0 saturated heterocycles. The van der Waals surface area contributed by atoms with Gasteiger partial charge in [-0.15, -0.1) is 11.3 Å². The molecule has 0 atom stereocenters. The van der Waals surface area contributed by atoms with Crippen molar-refractivity contribution >= 4 is 50.7 Å². The first kappa shape index (κ1) is 23.8. The fraction of sp³-hybridized carbons (Fsp3) is 0.0323. The van der Waals surface area contributed by atoms with Gasteiger partial charge in [-0.05, 0) is 34.7 Å². The molecule has 36 heavy (non-hydrogen) atoms. The minimum atomic E-state index is 0.493. The summed E-state index contributed by atoms with van der Waals surface area (Å²) in [7, 11) is 0. The van der Waals surface area contributed by atoms with Gasteiger partial charge >= 0.3 is 0 Å². The summed E-state index contributed by atoms with van der Waals surface area (Å²) < 4.78 is 1.05. The van der Waals surface area contributed by atoms with Crippen LogP contribution in [0.5, 0.6) is 0 Å². The second-order valence-corrected chi connectivity index (χ2v) is 9.98. The third-order valence-corrected chi connectivity index (χ3v) is 7.05. The Bertz CT molecular complexity index is 1480. The molecule has 0 radical (unpaired) electrons. The van der Waals surface area contributed by atoms with E-state index in [1.54, 1.807) is 11.3 Å². The zero-order chi connectivity index (χ0) is 24.6. The van der Waals surface area contributed by atoms with Crippen LogP contribution in [0.1, 0.15) is 21.6 Å². The van der Waals surface area contributed by atoms with Gasteiger partial charge in [0.05, 0.1) is 17.0 Å². The predicted molar refractivity (Wildman–Crippen MR) is 155 cm³/mol. The molecule has 0 aliphatic heterocycles. The van der Waals surface area contributed by atoms with Crippen molar-refractivity contribution in [2.24, 2.45) is 9.98 Å². The summed E-state index contributed by atoms with van der Waals surface area (Å²) in [5, 5.41) is 0.922. The molecule has 0 spiro atoms. The number of halogens is 1. The third-order valence-electron chi connectivity index (χ3n) is 5.44. The predicted octanol–water partition coefficient (Wildman–Crippen LogP) is 8.62. The summed E-state index contributed by atoms with van der Waals surface area (Å²) in [6, 6.07) is 38.7. The second-order valence-electron chi connectivity index (χ2n) is 7.98. The number of benzene rings is 4. The number of rotatable bonds is 7. The molecule has 0 aliphatic carbocycles. The highest BCUT2D eigenvalue weighted by Crippen LogP contribution is 2.33. The van der Waals surface area contributed by atoms with Crippen LogP contribution in [0.15, 0.2) is 130 Å². The number of thiazole rings is 1. The summed E-state index contributed by atoms with van der Waals surface area (Å²) >= 11 is 5.09. The van der Waals surface area contributed by atoms with Gasteiger partial charge in [0.25, 0.3) is 0 Å². The molecule has 5 aromatic rings. The van der Waals surface area contributed by atoms with Crippen molar-refractivity contribution in [3.05, 3.63) is 141 Å². The minimum Gasteiger partial charge on any atom is -0.287 e. The molecule has 5 heteroatoms. The molecule has 0 unspecified atom stereocenters. The highest BCUT2D eigenvalue weighted by atomic mass is 79.9. The van der Waals surface area contributed by atoms with E-state index >= 15 is 0 Å². The van der Waals surface area contributed by atoms with E-state index in [4.69, 9.17) is 9.98 Å². The van der Waals surface area contributed by atoms with Gasteiger partial charge in [-0.1, -0.05) is 119 Å². The number of nitrogens with zero attached hydrogens (tertiary/aromatic N) is 3. The van der Waals surface area contributed by atoms with Crippen molar-refractivity contribution in [2.45, 2.75) is 6.54 Å². The molecular weight excluding hydrogens is 526 g/mol. The lowest BCUT2D eigenvalue weighted by atomic mass is 10.00. The van der Waals surface area contributed by atoms with Crippen LogP contribution in [0.4, 0.5) is 5.82 Å². The minimum absolute atomic E-state index is 0.493. The van der Waals surface area contributed by atoms with E-state index in [1.165, 1.54) is 0 Å². The summed E-state index contributed by atoms with van der Waals surface area (Å²) in [6.45, 7) is 0.493. The van der Waals surface area contributed by atoms with E-state index in [0.29, 0.717) is 12.4 Å². The molecule has 0 bridgehead atoms. The fourth-order valence-corrected chi connectivity index (χ4v) is 4.84. The highest BCUT2D eigenvalue weighted by molar-refractivity contribution is 9.10. The van der Waals surface area contributed by atoms with Crippen LogP contribution in [0, 0.1) is 0 Å². The van der Waals surface area contributed by atoms with Crippen molar-refractivity contribution in [1.29, 1.82) is 0 Å². The normalized spacial score (nSPS) is 10.8. The van der Waals surface area contributed by atoms with Crippen LogP contribution >= 0.6 is 27.3 Å². The van der Waals surface area contributed by atoms with Crippen LogP contribution < -0.4 is 0 Å². The maximum atomic E-state index is 4.87. The van der Waals surface area contributed by atoms with Crippen molar-refractivity contribution in [2.75, 3.05) is 0 Å². The molecule has 5 rings (SSSR count). The van der Waals surface area contributed by atoms with E-state index in [9.17, 15) is 0 Å². The Kier molecular flexibility index (Phi) is 7.74. The summed E-state index contributed by atoms with van der Waals surface area (Å²) in [6.07, 6.45) is 1.89. The Morgan fingerprint density at radius 2 is 1.36 bits per heavy atom. The van der Waals surface area contributed by atoms with Gasteiger partial charge in [0.2, 0.25) is 0 Å². The van der Waals surface area contributed by atoms with Gasteiger partial charge in [-0.3, -0.25) is 4.99 Å². The smallest absolute Gasteiger partial charge is 0.178 e. The number of hydrogen-bond acceptors (Lipinski definition) is 4. The van der Waals surface area contributed by atoms with Crippen molar-refractivity contribution in [3.8, 4) is 10.6 Å². The van der Waals surface area contributed by atoms with Gasteiger partial charge < -0.3 is 0 Å². The molecule has 3 nitrogen and oxygen atoms in total. The molecule has 0 amide bonds. The maximum Gasteiger partial charge on any atom is 0.178 e. The van der Waals surface area contributed by atoms with E-state index in [1.807, 2.05) is 85.1 Å². The molecule has 0 saturated carbocycles. The Hall–Kier alpha value is -3.89. The Morgan fingerprint density at radius 3 is 1.97 bits per heavy atom. The molecule has 0 N–H and O–H groups in total. The van der Waals surface area contributed by atoms with Gasteiger partial charge in [0.1, 0.15) is 5.01 Å². The van der Waals surface area contributed by atoms with Gasteiger partial charge in [0, 0.05) is 16.3 Å². The van der Waals surface area contributed by atoms with E-state index in [0.717, 1.165) is 42.2 Å². The zero-order valence-electron chi connectivity index (χ0n) is 19.4. The third kappa shape index (κ3) is 6.02. The Morgan fingerprint density at radius 1 is 0.778 bits per heavy atom. The van der Waals surface area contributed by atoms with E-state index in [-0.39, 0.29) is 0 Å². The highest BCUT2D eigenvalue weighted by Gasteiger charge is 2.12. The average Bonchev–Trinajstić information content (AvgIpc) is 3.34. The fourth-order valence-electron chi connectivity index (χ4n) is 3.64. The van der Waals surface area contributed by atoms with Crippen molar-refractivity contribution in [3.63, 3.8) is 0 Å². The first-order valence-electron chi connectivity index (χ1n) is 11.5. The number of hydrogen-bond donors (Lipinski definition) is 0. The molecule has 174 valence electrons. The molecule has 0 fully saturated rings. The summed E-state index contributed by atoms with van der Waals surface area (Å²) in [5.41, 5.74) is 5.15. The molecule has 4 aromatic carbocycles. The first-order valence-corrected chi connectivity index (χ1v) is 13.1. The molecular formula is C31H22BrN3S. The molecule has 1 heterocycles. The number of aromatic nitrogens is 1. The summed E-state index contributed by atoms with van der Waals surface area (Å²) in [4.78, 5) is 15.3. The molecule has 0 aliphatic rings. The standard InChI is InChI=1S/C31H22BrN3S/c32-27-18-16-23(17-19-27)20-33-22-29-30(35-31(36-29)26-14-8-3-9-15-26)34-21-28(24-10-4-1-5-11-24)25-12-6-2-7-13-25/h1-20H,22H2. The second kappa shape index (κ2) is 11.7. The van der Waals surface area contributed by atoms with Crippen LogP contribution in [-0.2, 0) is 6.54 Å². The lowest BCUT2D eigenvalue weighted by molar-refractivity contribution is 1.10. The molecule has 1 aromatic heterocycles. The lowest BCUT2D eigenvalue weighted by Gasteiger charge is -2.04. The largest absolute Gasteiger partial charge is 0.287 e. The van der Waals surface area contributed by atoms with Crippen LogP contribution in [0.2, 0.25) is 0 Å². The Balaban J connectivity index is 1.55. The SMILES string of the molecule is Brc1ccc(C=NCc2sc(-c3ccccc3)nc2N=C=C(c2ccccc2)c2ccccc2)cc1. The van der Waals surface area contributed by atoms with E-state index < -0.39 is 0 Å². The number of aliphatic imine (C=N–C) groups is 2. The quantitative estimate of drug-likeness (QED) is 0.188. The zero-order valence-corrected chi connectivity index (χ0v) is 21.8. The van der Waals surface area contributed by atoms with Gasteiger partial charge in [-0.25, -0.2) is 4.98 Å². The van der Waals surface area contributed by atoms with Crippen LogP contribution in [0.3, 0.4) is 0 Å². The lowest BCUT2D eigenvalue weighted by Crippen LogP contribution is -1.88. The van der Waals surface area contributed by atoms with Crippen LogP contribution in [0.25, 0.3) is 16.1 Å². The van der Waals surface area contributed by atoms with Crippen molar-refractivity contribution in [1.82, 2.24) is 4.98 Å². The van der Waals surface area contributed by atoms with Crippen LogP contribution in [-0.4, -0.2) is 17.1 Å². The topological polar surface area (TPSA) is 37.6 Å². The average molecular weight is 549 g/mol. The summed E-state index contributed by atoms with van der Waals surface area (Å²) in [5.74, 6) is 3.97.